The fraction of sp³-hybridized carbons (Fsp3) is 0.379. The standard InChI is InChI=1S/C27H28F4O2.C2H6/c1-25(2,23-16-22(28)14-15-24(23)33-3)18-26(32,27(29,30)31)17-19-8-7-11-21(13-12-19)20-9-5-4-6-10-20;1-2/h4-6,8-16,32H,7,17-18H2,1-3H3;1-2H3. The van der Waals surface area contributed by atoms with Crippen LogP contribution < -0.4 is 4.74 Å². The van der Waals surface area contributed by atoms with E-state index in [9.17, 15) is 22.7 Å². The van der Waals surface area contributed by atoms with Gasteiger partial charge in [0.25, 0.3) is 0 Å². The highest BCUT2D eigenvalue weighted by Gasteiger charge is 2.56. The molecule has 0 bridgehead atoms. The Morgan fingerprint density at radius 3 is 2.20 bits per heavy atom. The minimum Gasteiger partial charge on any atom is -0.496 e. The van der Waals surface area contributed by atoms with Crippen molar-refractivity contribution in [3.63, 3.8) is 0 Å². The molecule has 0 aromatic heterocycles. The fourth-order valence-electron chi connectivity index (χ4n) is 4.28. The van der Waals surface area contributed by atoms with Gasteiger partial charge in [-0.1, -0.05) is 82.3 Å². The molecule has 190 valence electrons. The van der Waals surface area contributed by atoms with E-state index in [-0.39, 0.29) is 11.3 Å². The van der Waals surface area contributed by atoms with Gasteiger partial charge in [0.1, 0.15) is 11.6 Å². The molecule has 2 aromatic rings. The third kappa shape index (κ3) is 7.07. The second-order valence-electron chi connectivity index (χ2n) is 8.98. The van der Waals surface area contributed by atoms with Crippen LogP contribution in [0.3, 0.4) is 0 Å². The van der Waals surface area contributed by atoms with Crippen LogP contribution in [0.5, 0.6) is 5.75 Å². The minimum absolute atomic E-state index is 0.270. The molecule has 0 spiro atoms. The van der Waals surface area contributed by atoms with Gasteiger partial charge in [-0.3, -0.25) is 0 Å². The Morgan fingerprint density at radius 1 is 0.943 bits per heavy atom. The van der Waals surface area contributed by atoms with Crippen molar-refractivity contribution in [2.75, 3.05) is 7.11 Å². The molecule has 0 saturated carbocycles. The first kappa shape index (κ1) is 28.4. The van der Waals surface area contributed by atoms with Crippen molar-refractivity contribution in [1.82, 2.24) is 0 Å². The van der Waals surface area contributed by atoms with Crippen molar-refractivity contribution in [3.05, 3.63) is 95.4 Å². The third-order valence-electron chi connectivity index (χ3n) is 5.95. The Kier molecular flexibility index (Phi) is 9.50. The van der Waals surface area contributed by atoms with Gasteiger partial charge >= 0.3 is 6.18 Å². The van der Waals surface area contributed by atoms with Crippen LogP contribution in [-0.2, 0) is 5.41 Å². The van der Waals surface area contributed by atoms with Crippen molar-refractivity contribution in [2.45, 2.75) is 64.1 Å². The SMILES string of the molecule is CC.COc1ccc(F)cc1C(C)(C)CC(O)(CC1=CCC=C(c2ccccc2)C=C1)C(F)(F)F. The average molecular weight is 491 g/mol. The lowest BCUT2D eigenvalue weighted by Gasteiger charge is -2.38. The Hall–Kier alpha value is -2.86. The maximum atomic E-state index is 14.2. The number of ether oxygens (including phenoxy) is 1. The van der Waals surface area contributed by atoms with Gasteiger partial charge in [0.15, 0.2) is 5.60 Å². The van der Waals surface area contributed by atoms with Crippen LogP contribution in [0.25, 0.3) is 5.57 Å². The van der Waals surface area contributed by atoms with Crippen LogP contribution >= 0.6 is 0 Å². The van der Waals surface area contributed by atoms with E-state index in [1.165, 1.54) is 19.2 Å². The summed E-state index contributed by atoms with van der Waals surface area (Å²) in [6.45, 7) is 7.10. The number of methoxy groups -OCH3 is 1. The quantitative estimate of drug-likeness (QED) is 0.397. The summed E-state index contributed by atoms with van der Waals surface area (Å²) in [6, 6.07) is 13.3. The van der Waals surface area contributed by atoms with Gasteiger partial charge in [-0.2, -0.15) is 13.2 Å². The van der Waals surface area contributed by atoms with E-state index in [0.29, 0.717) is 12.0 Å². The summed E-state index contributed by atoms with van der Waals surface area (Å²) in [4.78, 5) is 0. The highest BCUT2D eigenvalue weighted by molar-refractivity contribution is 5.75. The first-order valence-corrected chi connectivity index (χ1v) is 11.7. The number of hydrogen-bond acceptors (Lipinski definition) is 2. The summed E-state index contributed by atoms with van der Waals surface area (Å²) in [5.41, 5.74) is -1.71. The molecule has 0 fully saturated rings. The van der Waals surface area contributed by atoms with Crippen LogP contribution in [-0.4, -0.2) is 24.0 Å². The van der Waals surface area contributed by atoms with Crippen LogP contribution in [0, 0.1) is 5.82 Å². The molecule has 0 radical (unpaired) electrons. The van der Waals surface area contributed by atoms with Crippen LogP contribution in [0.4, 0.5) is 17.6 Å². The number of hydrogen-bond donors (Lipinski definition) is 1. The zero-order chi connectivity index (χ0) is 26.3. The Morgan fingerprint density at radius 2 is 1.60 bits per heavy atom. The maximum absolute atomic E-state index is 14.2. The lowest BCUT2D eigenvalue weighted by Crippen LogP contribution is -2.49. The zero-order valence-corrected chi connectivity index (χ0v) is 20.9. The molecule has 1 atom stereocenters. The number of allylic oxidation sites excluding steroid dienone is 5. The van der Waals surface area contributed by atoms with Crippen LogP contribution in [0.2, 0.25) is 0 Å². The minimum atomic E-state index is -4.89. The molecule has 0 amide bonds. The van der Waals surface area contributed by atoms with Gasteiger partial charge in [0.2, 0.25) is 0 Å². The molecule has 1 aliphatic rings. The normalized spacial score (nSPS) is 15.7. The number of rotatable bonds is 7. The van der Waals surface area contributed by atoms with Crippen molar-refractivity contribution in [1.29, 1.82) is 0 Å². The number of benzene rings is 2. The molecule has 3 rings (SSSR count). The fourth-order valence-corrected chi connectivity index (χ4v) is 4.28. The van der Waals surface area contributed by atoms with Gasteiger partial charge < -0.3 is 9.84 Å². The lowest BCUT2D eigenvalue weighted by atomic mass is 9.72. The molecule has 0 saturated heterocycles. The molecular formula is C29H34F4O2. The number of alkyl halides is 3. The van der Waals surface area contributed by atoms with Gasteiger partial charge in [-0.15, -0.1) is 0 Å². The van der Waals surface area contributed by atoms with E-state index in [4.69, 9.17) is 4.74 Å². The molecular weight excluding hydrogens is 456 g/mol. The topological polar surface area (TPSA) is 29.5 Å². The largest absolute Gasteiger partial charge is 0.496 e. The Labute approximate surface area is 205 Å². The van der Waals surface area contributed by atoms with Gasteiger partial charge in [0, 0.05) is 12.0 Å². The predicted molar refractivity (Wildman–Crippen MR) is 134 cm³/mol. The predicted octanol–water partition coefficient (Wildman–Crippen LogP) is 8.18. The highest BCUT2D eigenvalue weighted by atomic mass is 19.4. The summed E-state index contributed by atoms with van der Waals surface area (Å²) in [5, 5.41) is 11.0. The average Bonchev–Trinajstić information content (AvgIpc) is 3.05. The van der Waals surface area contributed by atoms with Gasteiger partial charge in [-0.05, 0) is 53.2 Å². The second kappa shape index (κ2) is 11.7. The molecule has 0 aliphatic heterocycles. The summed E-state index contributed by atoms with van der Waals surface area (Å²) in [5.74, 6) is -0.306. The van der Waals surface area contributed by atoms with Gasteiger partial charge in [-0.25, -0.2) is 4.39 Å². The maximum Gasteiger partial charge on any atom is 0.417 e. The Bertz CT molecular complexity index is 1070. The van der Waals surface area contributed by atoms with Crippen LogP contribution in [0.15, 0.2) is 78.4 Å². The van der Waals surface area contributed by atoms with Gasteiger partial charge in [0.05, 0.1) is 7.11 Å². The highest BCUT2D eigenvalue weighted by Crippen LogP contribution is 2.46. The molecule has 35 heavy (non-hydrogen) atoms. The smallest absolute Gasteiger partial charge is 0.417 e. The van der Waals surface area contributed by atoms with Crippen molar-refractivity contribution >= 4 is 5.57 Å². The molecule has 6 heteroatoms. The lowest BCUT2D eigenvalue weighted by molar-refractivity contribution is -0.266. The second-order valence-corrected chi connectivity index (χ2v) is 8.98. The van der Waals surface area contributed by atoms with Crippen molar-refractivity contribution in [3.8, 4) is 5.75 Å². The molecule has 0 heterocycles. The van der Waals surface area contributed by atoms with E-state index >= 15 is 0 Å². The van der Waals surface area contributed by atoms with E-state index < -0.39 is 35.9 Å². The summed E-state index contributed by atoms with van der Waals surface area (Å²) < 4.78 is 61.7. The van der Waals surface area contributed by atoms with Crippen molar-refractivity contribution < 1.29 is 27.4 Å². The van der Waals surface area contributed by atoms with Crippen LogP contribution in [0.1, 0.15) is 58.1 Å². The summed E-state index contributed by atoms with van der Waals surface area (Å²) in [6.07, 6.45) is 1.32. The number of aliphatic hydroxyl groups is 1. The van der Waals surface area contributed by atoms with E-state index in [1.54, 1.807) is 32.1 Å². The van der Waals surface area contributed by atoms with Crippen molar-refractivity contribution in [2.24, 2.45) is 0 Å². The number of halogens is 4. The van der Waals surface area contributed by atoms with E-state index in [1.807, 2.05) is 50.3 Å². The molecule has 2 nitrogen and oxygen atoms in total. The van der Waals surface area contributed by atoms with E-state index in [0.717, 1.165) is 17.2 Å². The molecule has 1 unspecified atom stereocenters. The first-order valence-electron chi connectivity index (χ1n) is 11.7. The first-order chi connectivity index (χ1) is 16.4. The van der Waals surface area contributed by atoms with E-state index in [2.05, 4.69) is 0 Å². The molecule has 1 aliphatic carbocycles. The zero-order valence-electron chi connectivity index (χ0n) is 20.9. The third-order valence-corrected chi connectivity index (χ3v) is 5.95. The molecule has 1 N–H and O–H groups in total. The summed E-state index contributed by atoms with van der Waals surface area (Å²) >= 11 is 0. The Balaban J connectivity index is 0.00000210. The molecule has 2 aromatic carbocycles. The summed E-state index contributed by atoms with van der Waals surface area (Å²) in [7, 11) is 1.38. The monoisotopic (exact) mass is 490 g/mol.